The van der Waals surface area contributed by atoms with Crippen molar-refractivity contribution in [2.24, 2.45) is 0 Å². The lowest BCUT2D eigenvalue weighted by atomic mass is 10.1. The maximum absolute atomic E-state index is 12.5. The maximum Gasteiger partial charge on any atom is 0.336 e. The normalized spacial score (nSPS) is 14.2. The number of carbonyl (C=O) groups excluding carboxylic acids is 2. The third kappa shape index (κ3) is 4.04. The molecule has 1 aliphatic rings. The van der Waals surface area contributed by atoms with Crippen molar-refractivity contribution in [3.05, 3.63) is 63.4 Å². The highest BCUT2D eigenvalue weighted by molar-refractivity contribution is 6.32. The first kappa shape index (κ1) is 20.0. The van der Waals surface area contributed by atoms with Crippen LogP contribution in [0.2, 0.25) is 5.02 Å². The molecule has 3 aromatic rings. The zero-order valence-electron chi connectivity index (χ0n) is 16.2. The number of carbonyl (C=O) groups is 2. The number of halogens is 1. The van der Waals surface area contributed by atoms with E-state index in [1.54, 1.807) is 34.9 Å². The van der Waals surface area contributed by atoms with Crippen molar-refractivity contribution < 1.29 is 23.2 Å². The zero-order valence-corrected chi connectivity index (χ0v) is 17.0. The third-order valence-electron chi connectivity index (χ3n) is 5.01. The summed E-state index contributed by atoms with van der Waals surface area (Å²) in [6, 6.07) is 7.83. The third-order valence-corrected chi connectivity index (χ3v) is 5.30. The van der Waals surface area contributed by atoms with Gasteiger partial charge < -0.3 is 23.4 Å². The van der Waals surface area contributed by atoms with Crippen molar-refractivity contribution in [3.8, 4) is 5.75 Å². The van der Waals surface area contributed by atoms with Gasteiger partial charge in [0.2, 0.25) is 0 Å². The number of rotatable bonds is 4. The number of fused-ring (bicyclic) bond motifs is 1. The SMILES string of the molecule is Cc1cc(=O)oc2cc(OCC(=O)N3CCN(C(=O)c4ccco4)CC3)c(Cl)cc12. The molecule has 2 aromatic heterocycles. The second kappa shape index (κ2) is 8.23. The minimum atomic E-state index is -0.466. The van der Waals surface area contributed by atoms with Crippen LogP contribution in [0.25, 0.3) is 11.0 Å². The number of nitrogens with zero attached hydrogens (tertiary/aromatic N) is 2. The molecule has 30 heavy (non-hydrogen) atoms. The molecule has 156 valence electrons. The molecule has 3 heterocycles. The molecular weight excluding hydrogens is 412 g/mol. The molecular formula is C21H19ClN2O6. The summed E-state index contributed by atoms with van der Waals surface area (Å²) >= 11 is 6.26. The van der Waals surface area contributed by atoms with E-state index in [2.05, 4.69) is 0 Å². The van der Waals surface area contributed by atoms with Crippen molar-refractivity contribution in [1.29, 1.82) is 0 Å². The number of hydrogen-bond donors (Lipinski definition) is 0. The molecule has 1 aromatic carbocycles. The lowest BCUT2D eigenvalue weighted by Gasteiger charge is -2.34. The van der Waals surface area contributed by atoms with Gasteiger partial charge in [0.15, 0.2) is 12.4 Å². The summed E-state index contributed by atoms with van der Waals surface area (Å²) in [4.78, 5) is 39.7. The van der Waals surface area contributed by atoms with Crippen molar-refractivity contribution in [1.82, 2.24) is 9.80 Å². The van der Waals surface area contributed by atoms with Crippen LogP contribution in [0, 0.1) is 6.92 Å². The van der Waals surface area contributed by atoms with Crippen LogP contribution in [0.3, 0.4) is 0 Å². The average Bonchev–Trinajstić information content (AvgIpc) is 3.27. The summed E-state index contributed by atoms with van der Waals surface area (Å²) in [6.07, 6.45) is 1.45. The molecule has 0 saturated carbocycles. The number of piperazine rings is 1. The molecule has 8 nitrogen and oxygen atoms in total. The first-order chi connectivity index (χ1) is 14.4. The number of furan rings is 1. The van der Waals surface area contributed by atoms with Gasteiger partial charge in [-0.3, -0.25) is 9.59 Å². The Balaban J connectivity index is 1.37. The zero-order chi connectivity index (χ0) is 21.3. The molecule has 0 atom stereocenters. The molecule has 0 spiro atoms. The summed E-state index contributed by atoms with van der Waals surface area (Å²) in [7, 11) is 0. The molecule has 0 aliphatic carbocycles. The molecule has 0 N–H and O–H groups in total. The van der Waals surface area contributed by atoms with Gasteiger partial charge in [0.05, 0.1) is 11.3 Å². The summed E-state index contributed by atoms with van der Waals surface area (Å²) in [5.74, 6) is 0.133. The van der Waals surface area contributed by atoms with Gasteiger partial charge in [-0.25, -0.2) is 4.79 Å². The minimum Gasteiger partial charge on any atom is -0.482 e. The van der Waals surface area contributed by atoms with E-state index in [0.717, 1.165) is 5.56 Å². The van der Waals surface area contributed by atoms with Gasteiger partial charge in [0.25, 0.3) is 11.8 Å². The highest BCUT2D eigenvalue weighted by Crippen LogP contribution is 2.31. The fourth-order valence-corrected chi connectivity index (χ4v) is 3.59. The van der Waals surface area contributed by atoms with Crippen molar-refractivity contribution in [3.63, 3.8) is 0 Å². The Morgan fingerprint density at radius 1 is 1.13 bits per heavy atom. The van der Waals surface area contributed by atoms with Gasteiger partial charge in [0.1, 0.15) is 11.3 Å². The Labute approximate surface area is 176 Å². The van der Waals surface area contributed by atoms with Gasteiger partial charge in [-0.2, -0.15) is 0 Å². The van der Waals surface area contributed by atoms with E-state index in [-0.39, 0.29) is 29.9 Å². The summed E-state index contributed by atoms with van der Waals surface area (Å²) in [6.45, 7) is 3.19. The van der Waals surface area contributed by atoms with Crippen molar-refractivity contribution in [2.45, 2.75) is 6.92 Å². The Kier molecular flexibility index (Phi) is 5.50. The van der Waals surface area contributed by atoms with E-state index in [1.807, 2.05) is 0 Å². The van der Waals surface area contributed by atoms with E-state index in [0.29, 0.717) is 42.2 Å². The van der Waals surface area contributed by atoms with Crippen LogP contribution in [0.4, 0.5) is 0 Å². The highest BCUT2D eigenvalue weighted by Gasteiger charge is 2.26. The molecule has 1 saturated heterocycles. The first-order valence-electron chi connectivity index (χ1n) is 9.40. The number of amides is 2. The van der Waals surface area contributed by atoms with E-state index in [1.165, 1.54) is 18.4 Å². The average molecular weight is 431 g/mol. The Morgan fingerprint density at radius 3 is 2.57 bits per heavy atom. The van der Waals surface area contributed by atoms with Crippen molar-refractivity contribution >= 4 is 34.4 Å². The van der Waals surface area contributed by atoms with Crippen LogP contribution in [0.5, 0.6) is 5.75 Å². The van der Waals surface area contributed by atoms with E-state index in [9.17, 15) is 14.4 Å². The number of hydrogen-bond acceptors (Lipinski definition) is 6. The quantitative estimate of drug-likeness (QED) is 0.591. The van der Waals surface area contributed by atoms with Gasteiger partial charge in [-0.05, 0) is 30.7 Å². The number of benzene rings is 1. The second-order valence-corrected chi connectivity index (χ2v) is 7.37. The summed E-state index contributed by atoms with van der Waals surface area (Å²) in [5, 5.41) is 1.02. The fourth-order valence-electron chi connectivity index (χ4n) is 3.38. The lowest BCUT2D eigenvalue weighted by molar-refractivity contribution is -0.134. The minimum absolute atomic E-state index is 0.192. The largest absolute Gasteiger partial charge is 0.482 e. The van der Waals surface area contributed by atoms with Crippen LogP contribution in [0.15, 0.2) is 50.2 Å². The van der Waals surface area contributed by atoms with Gasteiger partial charge in [-0.15, -0.1) is 0 Å². The van der Waals surface area contributed by atoms with Crippen LogP contribution < -0.4 is 10.4 Å². The standard InChI is InChI=1S/C21H19ClN2O6/c1-13-9-20(26)30-17-11-18(15(22)10-14(13)17)29-12-19(25)23-4-6-24(7-5-23)21(27)16-3-2-8-28-16/h2-3,8-11H,4-7,12H2,1H3. The predicted octanol–water partition coefficient (Wildman–Crippen LogP) is 2.71. The summed E-state index contributed by atoms with van der Waals surface area (Å²) in [5.41, 5.74) is 0.621. The Hall–Kier alpha value is -3.26. The lowest BCUT2D eigenvalue weighted by Crippen LogP contribution is -2.51. The van der Waals surface area contributed by atoms with Crippen LogP contribution in [-0.4, -0.2) is 54.4 Å². The molecule has 0 radical (unpaired) electrons. The number of ether oxygens (including phenoxy) is 1. The molecule has 0 bridgehead atoms. The van der Waals surface area contributed by atoms with E-state index in [4.69, 9.17) is 25.2 Å². The monoisotopic (exact) mass is 430 g/mol. The van der Waals surface area contributed by atoms with Crippen LogP contribution in [-0.2, 0) is 4.79 Å². The molecule has 9 heteroatoms. The van der Waals surface area contributed by atoms with E-state index >= 15 is 0 Å². The summed E-state index contributed by atoms with van der Waals surface area (Å²) < 4.78 is 15.9. The molecule has 1 aliphatic heterocycles. The topological polar surface area (TPSA) is 93.2 Å². The van der Waals surface area contributed by atoms with Crippen LogP contribution >= 0.6 is 11.6 Å². The second-order valence-electron chi connectivity index (χ2n) is 6.97. The van der Waals surface area contributed by atoms with E-state index < -0.39 is 5.63 Å². The van der Waals surface area contributed by atoms with Crippen molar-refractivity contribution in [2.75, 3.05) is 32.8 Å². The van der Waals surface area contributed by atoms with Gasteiger partial charge in [0, 0.05) is 43.7 Å². The molecule has 1 fully saturated rings. The van der Waals surface area contributed by atoms with Gasteiger partial charge >= 0.3 is 5.63 Å². The molecule has 2 amide bonds. The molecule has 4 rings (SSSR count). The number of aryl methyl sites for hydroxylation is 1. The highest BCUT2D eigenvalue weighted by atomic mass is 35.5. The maximum atomic E-state index is 12.5. The Morgan fingerprint density at radius 2 is 1.87 bits per heavy atom. The fraction of sp³-hybridized carbons (Fsp3) is 0.286. The molecule has 0 unspecified atom stereocenters. The first-order valence-corrected chi connectivity index (χ1v) is 9.77. The van der Waals surface area contributed by atoms with Gasteiger partial charge in [-0.1, -0.05) is 11.6 Å². The smallest absolute Gasteiger partial charge is 0.336 e. The predicted molar refractivity (Wildman–Crippen MR) is 109 cm³/mol. The Bertz CT molecular complexity index is 1150. The van der Waals surface area contributed by atoms with Crippen LogP contribution in [0.1, 0.15) is 16.1 Å².